The van der Waals surface area contributed by atoms with Gasteiger partial charge in [0.1, 0.15) is 0 Å². The van der Waals surface area contributed by atoms with Gasteiger partial charge in [0.25, 0.3) is 0 Å². The van der Waals surface area contributed by atoms with Crippen LogP contribution >= 0.6 is 7.65 Å². The SMILES string of the molecule is O=[p+]1oc2c(C3CCCCC3)cc(Cc3ccccc3)cc2c2ccccc21. The number of rotatable bonds is 3. The first kappa shape index (κ1) is 17.6. The molecule has 1 aliphatic carbocycles. The van der Waals surface area contributed by atoms with Crippen LogP contribution in [0.15, 0.2) is 70.9 Å². The van der Waals surface area contributed by atoms with Crippen LogP contribution in [0.4, 0.5) is 0 Å². The second-order valence-corrected chi connectivity index (χ2v) is 9.10. The predicted molar refractivity (Wildman–Crippen MR) is 116 cm³/mol. The van der Waals surface area contributed by atoms with E-state index in [4.69, 9.17) is 4.20 Å². The fraction of sp³-hybridized carbons (Fsp3) is 0.280. The molecule has 1 fully saturated rings. The largest absolute Gasteiger partial charge is 0.597 e. The normalized spacial score (nSPS) is 15.9. The van der Waals surface area contributed by atoms with Gasteiger partial charge in [-0.15, -0.1) is 0 Å². The Kier molecular flexibility index (Phi) is 4.74. The fourth-order valence-corrected chi connectivity index (χ4v) is 5.73. The van der Waals surface area contributed by atoms with E-state index in [1.165, 1.54) is 48.8 Å². The molecule has 0 bridgehead atoms. The lowest BCUT2D eigenvalue weighted by atomic mass is 9.82. The van der Waals surface area contributed by atoms with Crippen molar-refractivity contribution in [3.8, 4) is 0 Å². The Hall–Kier alpha value is -2.44. The molecule has 0 amide bonds. The standard InChI is InChI=1S/C25H24O2P/c26-28-24-14-8-7-13-21(24)23-17-19(15-18-9-3-1-4-10-18)16-22(25(23)27-28)20-11-5-2-6-12-20/h1,3-4,7-10,13-14,16-17,20H,2,5-6,11-12,15H2/q+1. The molecular weight excluding hydrogens is 363 g/mol. The third-order valence-corrected chi connectivity index (χ3v) is 7.17. The van der Waals surface area contributed by atoms with Crippen molar-refractivity contribution in [3.63, 3.8) is 0 Å². The van der Waals surface area contributed by atoms with Crippen LogP contribution in [0.3, 0.4) is 0 Å². The summed E-state index contributed by atoms with van der Waals surface area (Å²) in [5.41, 5.74) is 4.75. The van der Waals surface area contributed by atoms with Crippen molar-refractivity contribution in [1.29, 1.82) is 0 Å². The molecular formula is C25H24O2P+. The summed E-state index contributed by atoms with van der Waals surface area (Å²) in [7, 11) is -1.84. The van der Waals surface area contributed by atoms with E-state index in [9.17, 15) is 4.57 Å². The molecule has 1 aliphatic rings. The second-order valence-electron chi connectivity index (χ2n) is 7.92. The summed E-state index contributed by atoms with van der Waals surface area (Å²) >= 11 is 0. The van der Waals surface area contributed by atoms with Crippen LogP contribution in [0.5, 0.6) is 0 Å². The molecule has 3 aromatic carbocycles. The van der Waals surface area contributed by atoms with Crippen molar-refractivity contribution in [2.45, 2.75) is 44.4 Å². The quantitative estimate of drug-likeness (QED) is 0.334. The molecule has 1 aromatic heterocycles. The maximum absolute atomic E-state index is 12.8. The zero-order chi connectivity index (χ0) is 18.9. The fourth-order valence-electron chi connectivity index (χ4n) is 4.66. The number of hydrogen-bond acceptors (Lipinski definition) is 2. The summed E-state index contributed by atoms with van der Waals surface area (Å²) in [6, 6.07) is 23.2. The predicted octanol–water partition coefficient (Wildman–Crippen LogP) is 7.97. The van der Waals surface area contributed by atoms with Gasteiger partial charge in [0.15, 0.2) is 5.58 Å². The summed E-state index contributed by atoms with van der Waals surface area (Å²) in [5, 5.41) is 2.99. The maximum atomic E-state index is 12.8. The molecule has 2 nitrogen and oxygen atoms in total. The lowest BCUT2D eigenvalue weighted by Gasteiger charge is -2.22. The topological polar surface area (TPSA) is 30.2 Å². The monoisotopic (exact) mass is 387 g/mol. The van der Waals surface area contributed by atoms with E-state index in [0.717, 1.165) is 27.9 Å². The first-order chi connectivity index (χ1) is 13.8. The van der Waals surface area contributed by atoms with Crippen LogP contribution in [0, 0.1) is 0 Å². The summed E-state index contributed by atoms with van der Waals surface area (Å²) in [5.74, 6) is 0.506. The van der Waals surface area contributed by atoms with E-state index >= 15 is 0 Å². The van der Waals surface area contributed by atoms with Crippen LogP contribution < -0.4 is 0 Å². The van der Waals surface area contributed by atoms with Crippen LogP contribution in [0.1, 0.15) is 54.7 Å². The lowest BCUT2D eigenvalue weighted by Crippen LogP contribution is -2.06. The minimum absolute atomic E-state index is 0.506. The van der Waals surface area contributed by atoms with Crippen molar-refractivity contribution in [3.05, 3.63) is 83.4 Å². The number of fused-ring (bicyclic) bond motifs is 3. The molecule has 4 aromatic rings. The van der Waals surface area contributed by atoms with Crippen molar-refractivity contribution < 1.29 is 8.76 Å². The molecule has 140 valence electrons. The van der Waals surface area contributed by atoms with E-state index in [1.54, 1.807) is 0 Å². The highest BCUT2D eigenvalue weighted by atomic mass is 31.1. The van der Waals surface area contributed by atoms with E-state index in [-0.39, 0.29) is 0 Å². The van der Waals surface area contributed by atoms with E-state index in [2.05, 4.69) is 48.5 Å². The Morgan fingerprint density at radius 3 is 2.39 bits per heavy atom. The van der Waals surface area contributed by atoms with Gasteiger partial charge in [-0.25, -0.2) is 4.20 Å². The zero-order valence-corrected chi connectivity index (χ0v) is 16.8. The van der Waals surface area contributed by atoms with E-state index in [1.807, 2.05) is 18.2 Å². The van der Waals surface area contributed by atoms with Crippen LogP contribution in [0.25, 0.3) is 21.5 Å². The average molecular weight is 387 g/mol. The third kappa shape index (κ3) is 3.27. The van der Waals surface area contributed by atoms with Gasteiger partial charge in [0.2, 0.25) is 5.12 Å². The first-order valence-electron chi connectivity index (χ1n) is 10.2. The molecule has 1 saturated carbocycles. The Morgan fingerprint density at radius 1 is 0.821 bits per heavy atom. The van der Waals surface area contributed by atoms with Crippen molar-refractivity contribution in [2.75, 3.05) is 0 Å². The van der Waals surface area contributed by atoms with Crippen molar-refractivity contribution in [2.24, 2.45) is 0 Å². The van der Waals surface area contributed by atoms with Gasteiger partial charge in [0, 0.05) is 16.3 Å². The first-order valence-corrected chi connectivity index (χ1v) is 11.4. The van der Waals surface area contributed by atoms with Crippen molar-refractivity contribution >= 4 is 29.1 Å². The Labute approximate surface area is 166 Å². The summed E-state index contributed by atoms with van der Waals surface area (Å²) < 4.78 is 18.8. The molecule has 3 heteroatoms. The van der Waals surface area contributed by atoms with Gasteiger partial charge in [-0.3, -0.25) is 0 Å². The van der Waals surface area contributed by atoms with Gasteiger partial charge in [-0.1, -0.05) is 67.8 Å². The molecule has 0 spiro atoms. The molecule has 5 rings (SSSR count). The van der Waals surface area contributed by atoms with E-state index in [0.29, 0.717) is 5.92 Å². The highest BCUT2D eigenvalue weighted by Crippen LogP contribution is 2.42. The molecule has 0 saturated heterocycles. The molecule has 1 heterocycles. The molecule has 1 atom stereocenters. The van der Waals surface area contributed by atoms with Gasteiger partial charge in [-0.2, -0.15) is 0 Å². The van der Waals surface area contributed by atoms with Gasteiger partial charge < -0.3 is 0 Å². The maximum Gasteiger partial charge on any atom is 0.597 e. The van der Waals surface area contributed by atoms with Crippen LogP contribution in [0.2, 0.25) is 0 Å². The molecule has 0 aliphatic heterocycles. The average Bonchev–Trinajstić information content (AvgIpc) is 2.75. The highest BCUT2D eigenvalue weighted by molar-refractivity contribution is 7.37. The molecule has 0 N–H and O–H groups in total. The number of benzene rings is 3. The molecule has 1 unspecified atom stereocenters. The van der Waals surface area contributed by atoms with E-state index < -0.39 is 7.65 Å². The molecule has 28 heavy (non-hydrogen) atoms. The Morgan fingerprint density at radius 2 is 1.57 bits per heavy atom. The van der Waals surface area contributed by atoms with Crippen molar-refractivity contribution in [1.82, 2.24) is 0 Å². The van der Waals surface area contributed by atoms with Gasteiger partial charge in [0.05, 0.1) is 0 Å². The Balaban J connectivity index is 1.75. The smallest absolute Gasteiger partial charge is 0.249 e. The van der Waals surface area contributed by atoms with Crippen LogP contribution in [-0.4, -0.2) is 0 Å². The second kappa shape index (κ2) is 7.53. The highest BCUT2D eigenvalue weighted by Gasteiger charge is 2.24. The lowest BCUT2D eigenvalue weighted by molar-refractivity contribution is 0.442. The minimum atomic E-state index is -1.84. The third-order valence-electron chi connectivity index (χ3n) is 6.04. The Bertz CT molecular complexity index is 1190. The van der Waals surface area contributed by atoms with Gasteiger partial charge >= 0.3 is 7.65 Å². The summed E-state index contributed by atoms with van der Waals surface area (Å²) in [6.07, 6.45) is 7.16. The number of hydrogen-bond donors (Lipinski definition) is 0. The van der Waals surface area contributed by atoms with Gasteiger partial charge in [-0.05, 0) is 59.1 Å². The minimum Gasteiger partial charge on any atom is -0.249 e. The summed E-state index contributed by atoms with van der Waals surface area (Å²) in [6.45, 7) is 0. The summed E-state index contributed by atoms with van der Waals surface area (Å²) in [4.78, 5) is 0. The van der Waals surface area contributed by atoms with Crippen LogP contribution in [-0.2, 0) is 11.0 Å². The zero-order valence-electron chi connectivity index (χ0n) is 15.9. The molecule has 0 radical (unpaired) electrons.